The van der Waals surface area contributed by atoms with Gasteiger partial charge in [0.15, 0.2) is 0 Å². The van der Waals surface area contributed by atoms with Gasteiger partial charge in [-0.05, 0) is 30.3 Å². The average molecular weight is 246 g/mol. The normalized spacial score (nSPS) is 13.4. The molecule has 16 heavy (non-hydrogen) atoms. The van der Waals surface area contributed by atoms with E-state index in [1.807, 2.05) is 25.6 Å². The van der Waals surface area contributed by atoms with E-state index in [1.54, 1.807) is 0 Å². The number of rotatable bonds is 9. The molecule has 3 N–H and O–H groups in total. The van der Waals surface area contributed by atoms with Gasteiger partial charge in [-0.1, -0.05) is 27.7 Å². The second kappa shape index (κ2) is 8.88. The highest BCUT2D eigenvalue weighted by Crippen LogP contribution is 2.11. The molecule has 1 unspecified atom stereocenters. The van der Waals surface area contributed by atoms with E-state index in [1.165, 1.54) is 12.2 Å². The average Bonchev–Trinajstić information content (AvgIpc) is 2.14. The zero-order valence-electron chi connectivity index (χ0n) is 11.0. The molecule has 0 rings (SSSR count). The molecule has 0 saturated heterocycles. The van der Waals surface area contributed by atoms with Crippen molar-refractivity contribution in [2.45, 2.75) is 52.6 Å². The van der Waals surface area contributed by atoms with Crippen molar-refractivity contribution in [2.75, 3.05) is 11.5 Å². The first kappa shape index (κ1) is 15.8. The standard InChI is InChI=1S/C12H26N2OS/c1-9(2)5-7-16-8-6-11(12(13)15)14-10(3)4/h9-11,14H,5-8H2,1-4H3,(H2,13,15). The molecule has 0 radical (unpaired) electrons. The Labute approximate surface area is 104 Å². The molecule has 0 aliphatic rings. The summed E-state index contributed by atoms with van der Waals surface area (Å²) >= 11 is 1.91. The quantitative estimate of drug-likeness (QED) is 0.612. The third-order valence-corrected chi connectivity index (χ3v) is 3.32. The Hall–Kier alpha value is -0.220. The lowest BCUT2D eigenvalue weighted by atomic mass is 10.2. The molecule has 0 aromatic rings. The van der Waals surface area contributed by atoms with Crippen molar-refractivity contribution in [3.63, 3.8) is 0 Å². The Morgan fingerprint density at radius 2 is 1.75 bits per heavy atom. The maximum absolute atomic E-state index is 11.2. The predicted octanol–water partition coefficient (Wildman–Crippen LogP) is 2.01. The van der Waals surface area contributed by atoms with Crippen LogP contribution in [0.4, 0.5) is 0 Å². The Kier molecular flexibility index (Phi) is 8.76. The third-order valence-electron chi connectivity index (χ3n) is 2.27. The highest BCUT2D eigenvalue weighted by Gasteiger charge is 2.15. The molecular weight excluding hydrogens is 220 g/mol. The predicted molar refractivity (Wildman–Crippen MR) is 72.7 cm³/mol. The summed E-state index contributed by atoms with van der Waals surface area (Å²) in [5, 5.41) is 3.19. The number of nitrogens with one attached hydrogen (secondary N) is 1. The number of carbonyl (C=O) groups is 1. The summed E-state index contributed by atoms with van der Waals surface area (Å²) in [5.41, 5.74) is 5.34. The van der Waals surface area contributed by atoms with Crippen molar-refractivity contribution < 1.29 is 4.79 Å². The summed E-state index contributed by atoms with van der Waals surface area (Å²) in [6, 6.07) is 0.129. The highest BCUT2D eigenvalue weighted by atomic mass is 32.2. The summed E-state index contributed by atoms with van der Waals surface area (Å²) in [6.45, 7) is 8.52. The Balaban J connectivity index is 3.64. The van der Waals surface area contributed by atoms with Crippen LogP contribution in [-0.2, 0) is 4.79 Å². The summed E-state index contributed by atoms with van der Waals surface area (Å²) < 4.78 is 0. The molecule has 0 heterocycles. The fourth-order valence-electron chi connectivity index (χ4n) is 1.33. The lowest BCUT2D eigenvalue weighted by molar-refractivity contribution is -0.120. The van der Waals surface area contributed by atoms with E-state index in [-0.39, 0.29) is 11.9 Å². The van der Waals surface area contributed by atoms with E-state index >= 15 is 0 Å². The molecule has 0 spiro atoms. The van der Waals surface area contributed by atoms with Crippen LogP contribution < -0.4 is 11.1 Å². The summed E-state index contributed by atoms with van der Waals surface area (Å²) in [7, 11) is 0. The van der Waals surface area contributed by atoms with Crippen LogP contribution in [0.15, 0.2) is 0 Å². The smallest absolute Gasteiger partial charge is 0.234 e. The monoisotopic (exact) mass is 246 g/mol. The first-order valence-electron chi connectivity index (χ1n) is 6.06. The van der Waals surface area contributed by atoms with E-state index in [0.29, 0.717) is 6.04 Å². The van der Waals surface area contributed by atoms with Gasteiger partial charge in [0.1, 0.15) is 0 Å². The van der Waals surface area contributed by atoms with Crippen LogP contribution in [0, 0.1) is 5.92 Å². The molecule has 1 amide bonds. The van der Waals surface area contributed by atoms with E-state index < -0.39 is 0 Å². The third kappa shape index (κ3) is 9.04. The van der Waals surface area contributed by atoms with Gasteiger partial charge >= 0.3 is 0 Å². The van der Waals surface area contributed by atoms with Gasteiger partial charge in [-0.2, -0.15) is 11.8 Å². The van der Waals surface area contributed by atoms with Gasteiger partial charge in [0.2, 0.25) is 5.91 Å². The molecular formula is C12H26N2OS. The zero-order valence-corrected chi connectivity index (χ0v) is 11.8. The van der Waals surface area contributed by atoms with Crippen molar-refractivity contribution in [3.8, 4) is 0 Å². The zero-order chi connectivity index (χ0) is 12.6. The molecule has 0 bridgehead atoms. The van der Waals surface area contributed by atoms with Crippen molar-refractivity contribution in [1.82, 2.24) is 5.32 Å². The van der Waals surface area contributed by atoms with Gasteiger partial charge in [-0.25, -0.2) is 0 Å². The Morgan fingerprint density at radius 3 is 2.19 bits per heavy atom. The fourth-order valence-corrected chi connectivity index (χ4v) is 2.58. The lowest BCUT2D eigenvalue weighted by Gasteiger charge is -2.17. The summed E-state index contributed by atoms with van der Waals surface area (Å²) in [5.74, 6) is 2.69. The second-order valence-corrected chi connectivity index (χ2v) is 6.08. The largest absolute Gasteiger partial charge is 0.368 e. The molecule has 0 saturated carbocycles. The van der Waals surface area contributed by atoms with Crippen LogP contribution in [-0.4, -0.2) is 29.5 Å². The lowest BCUT2D eigenvalue weighted by Crippen LogP contribution is -2.44. The fraction of sp³-hybridized carbons (Fsp3) is 0.917. The second-order valence-electron chi connectivity index (χ2n) is 4.86. The molecule has 1 atom stereocenters. The minimum absolute atomic E-state index is 0.174. The van der Waals surface area contributed by atoms with E-state index in [0.717, 1.165) is 18.1 Å². The van der Waals surface area contributed by atoms with Crippen molar-refractivity contribution in [1.29, 1.82) is 0 Å². The van der Waals surface area contributed by atoms with Gasteiger partial charge in [0.25, 0.3) is 0 Å². The van der Waals surface area contributed by atoms with Gasteiger partial charge in [-0.15, -0.1) is 0 Å². The van der Waals surface area contributed by atoms with Crippen LogP contribution in [0.1, 0.15) is 40.5 Å². The van der Waals surface area contributed by atoms with Gasteiger partial charge in [0.05, 0.1) is 6.04 Å². The van der Waals surface area contributed by atoms with Gasteiger partial charge < -0.3 is 11.1 Å². The molecule has 96 valence electrons. The van der Waals surface area contributed by atoms with Crippen molar-refractivity contribution in [2.24, 2.45) is 11.7 Å². The number of nitrogens with two attached hydrogens (primary N) is 1. The maximum atomic E-state index is 11.2. The van der Waals surface area contributed by atoms with Crippen molar-refractivity contribution in [3.05, 3.63) is 0 Å². The number of hydrogen-bond acceptors (Lipinski definition) is 3. The number of carbonyl (C=O) groups excluding carboxylic acids is 1. The molecule has 0 aliphatic carbocycles. The van der Waals surface area contributed by atoms with Crippen molar-refractivity contribution >= 4 is 17.7 Å². The highest BCUT2D eigenvalue weighted by molar-refractivity contribution is 7.99. The number of amides is 1. The number of primary amides is 1. The molecule has 0 aromatic heterocycles. The number of hydrogen-bond donors (Lipinski definition) is 2. The van der Waals surface area contributed by atoms with E-state index in [9.17, 15) is 4.79 Å². The van der Waals surface area contributed by atoms with Crippen LogP contribution >= 0.6 is 11.8 Å². The van der Waals surface area contributed by atoms with Crippen LogP contribution in [0.3, 0.4) is 0 Å². The van der Waals surface area contributed by atoms with Gasteiger partial charge in [0, 0.05) is 6.04 Å². The number of thioether (sulfide) groups is 1. The Morgan fingerprint density at radius 1 is 1.19 bits per heavy atom. The van der Waals surface area contributed by atoms with Crippen LogP contribution in [0.5, 0.6) is 0 Å². The van der Waals surface area contributed by atoms with Crippen LogP contribution in [0.2, 0.25) is 0 Å². The SMILES string of the molecule is CC(C)CCSCCC(NC(C)C)C(N)=O. The molecule has 0 aliphatic heterocycles. The van der Waals surface area contributed by atoms with E-state index in [4.69, 9.17) is 5.73 Å². The summed E-state index contributed by atoms with van der Waals surface area (Å²) in [6.07, 6.45) is 2.07. The molecule has 4 heteroatoms. The Bertz CT molecular complexity index is 195. The first-order valence-corrected chi connectivity index (χ1v) is 7.22. The van der Waals surface area contributed by atoms with E-state index in [2.05, 4.69) is 19.2 Å². The molecule has 3 nitrogen and oxygen atoms in total. The summed E-state index contributed by atoms with van der Waals surface area (Å²) in [4.78, 5) is 11.2. The minimum Gasteiger partial charge on any atom is -0.368 e. The minimum atomic E-state index is -0.238. The molecule has 0 fully saturated rings. The van der Waals surface area contributed by atoms with Crippen LogP contribution in [0.25, 0.3) is 0 Å². The first-order chi connectivity index (χ1) is 7.43. The topological polar surface area (TPSA) is 55.1 Å². The maximum Gasteiger partial charge on any atom is 0.234 e. The van der Waals surface area contributed by atoms with Gasteiger partial charge in [-0.3, -0.25) is 4.79 Å². The molecule has 0 aromatic carbocycles.